The Hall–Kier alpha value is -1.44. The highest BCUT2D eigenvalue weighted by Gasteiger charge is 2.17. The van der Waals surface area contributed by atoms with E-state index >= 15 is 0 Å². The third kappa shape index (κ3) is 5.38. The molecular weight excluding hydrogens is 514 g/mol. The van der Waals surface area contributed by atoms with E-state index in [-0.39, 0.29) is 28.1 Å². The number of halogens is 2. The predicted molar refractivity (Wildman–Crippen MR) is 134 cm³/mol. The Morgan fingerprint density at radius 1 is 1.03 bits per heavy atom. The molecule has 0 atom stereocenters. The summed E-state index contributed by atoms with van der Waals surface area (Å²) in [6, 6.07) is 16.5. The molecule has 1 fully saturated rings. The van der Waals surface area contributed by atoms with E-state index < -0.39 is 0 Å². The number of benzene rings is 2. The lowest BCUT2D eigenvalue weighted by Gasteiger charge is -2.20. The number of amidine groups is 1. The molecule has 1 aromatic heterocycles. The number of rotatable bonds is 3. The van der Waals surface area contributed by atoms with Crippen LogP contribution in [0.5, 0.6) is 0 Å². The highest BCUT2D eigenvalue weighted by molar-refractivity contribution is 9.09. The molecule has 4 rings (SSSR count). The number of carbonyl (C=O) groups excluding carboxylic acids is 1. The van der Waals surface area contributed by atoms with Crippen LogP contribution in [0.3, 0.4) is 0 Å². The van der Waals surface area contributed by atoms with Crippen molar-refractivity contribution in [1.82, 2.24) is 4.98 Å². The van der Waals surface area contributed by atoms with Crippen molar-refractivity contribution >= 4 is 82.4 Å². The topological polar surface area (TPSA) is 54.4 Å². The van der Waals surface area contributed by atoms with Crippen molar-refractivity contribution in [2.75, 3.05) is 10.6 Å². The smallest absolute Gasteiger partial charge is 0.207 e. The lowest BCUT2D eigenvalue weighted by atomic mass is 9.96. The molecule has 0 radical (unpaired) electrons. The van der Waals surface area contributed by atoms with Gasteiger partial charge in [-0.25, -0.2) is 4.98 Å². The van der Waals surface area contributed by atoms with Crippen LogP contribution < -0.4 is 5.32 Å². The minimum absolute atomic E-state index is 0. The number of aromatic nitrogens is 1. The molecule has 29 heavy (non-hydrogen) atoms. The first-order valence-corrected chi connectivity index (χ1v) is 11.6. The van der Waals surface area contributed by atoms with E-state index in [0.717, 1.165) is 40.3 Å². The molecule has 1 heterocycles. The summed E-state index contributed by atoms with van der Waals surface area (Å²) >= 11 is 4.45. The van der Waals surface area contributed by atoms with Crippen LogP contribution in [-0.4, -0.2) is 26.6 Å². The number of alkyl halides is 1. The van der Waals surface area contributed by atoms with E-state index in [1.54, 1.807) is 0 Å². The van der Waals surface area contributed by atoms with Gasteiger partial charge in [0.05, 0.1) is 28.1 Å². The van der Waals surface area contributed by atoms with Gasteiger partial charge in [0.2, 0.25) is 5.12 Å². The minimum Gasteiger partial charge on any atom is -0.333 e. The van der Waals surface area contributed by atoms with Gasteiger partial charge in [-0.15, -0.1) is 17.0 Å². The standard InChI is InChI=1S/C22H22BrN3OS.BrH/c23-14-20(27)28-22(24-15-8-2-1-3-9-15)26-21-16-10-4-6-12-18(16)25-19-13-7-5-11-17(19)21;/h4-7,10-13,15H,1-3,8-9,14H2,(H,24,25,26);1H. The van der Waals surface area contributed by atoms with Crippen LogP contribution in [0.1, 0.15) is 32.1 Å². The number of aliphatic imine (C=N–C) groups is 1. The number of anilines is 1. The van der Waals surface area contributed by atoms with Crippen molar-refractivity contribution in [2.45, 2.75) is 38.1 Å². The predicted octanol–water partition coefficient (Wildman–Crippen LogP) is 6.72. The summed E-state index contributed by atoms with van der Waals surface area (Å²) in [6.07, 6.45) is 5.87. The van der Waals surface area contributed by atoms with Gasteiger partial charge in [-0.3, -0.25) is 9.79 Å². The molecule has 0 amide bonds. The molecule has 0 unspecified atom stereocenters. The molecule has 152 valence electrons. The molecule has 4 nitrogen and oxygen atoms in total. The maximum atomic E-state index is 12.2. The van der Waals surface area contributed by atoms with Crippen LogP contribution in [0.2, 0.25) is 0 Å². The first-order valence-electron chi connectivity index (χ1n) is 9.63. The maximum absolute atomic E-state index is 12.2. The number of nitrogens with zero attached hydrogens (tertiary/aromatic N) is 2. The molecule has 1 saturated carbocycles. The Bertz CT molecular complexity index is 981. The Morgan fingerprint density at radius 3 is 2.21 bits per heavy atom. The average Bonchev–Trinajstić information content (AvgIpc) is 2.74. The first kappa shape index (κ1) is 22.2. The van der Waals surface area contributed by atoms with Crippen molar-refractivity contribution in [3.8, 4) is 0 Å². The summed E-state index contributed by atoms with van der Waals surface area (Å²) in [5.41, 5.74) is 2.82. The second kappa shape index (κ2) is 10.5. The number of hydrogen-bond donors (Lipinski definition) is 1. The Morgan fingerprint density at radius 2 is 1.62 bits per heavy atom. The van der Waals surface area contributed by atoms with Crippen LogP contribution in [0.25, 0.3) is 21.8 Å². The van der Waals surface area contributed by atoms with E-state index in [0.29, 0.717) is 10.5 Å². The molecule has 0 bridgehead atoms. The Kier molecular flexibility index (Phi) is 8.09. The normalized spacial score (nSPS) is 15.3. The van der Waals surface area contributed by atoms with Crippen LogP contribution in [-0.2, 0) is 4.79 Å². The zero-order chi connectivity index (χ0) is 19.3. The fourth-order valence-electron chi connectivity index (χ4n) is 3.68. The summed E-state index contributed by atoms with van der Waals surface area (Å²) < 4.78 is 0. The van der Waals surface area contributed by atoms with E-state index in [1.165, 1.54) is 31.0 Å². The largest absolute Gasteiger partial charge is 0.333 e. The SMILES string of the molecule is Br.O=C(CBr)SC(=NC1CCCCC1)Nc1c2ccccc2nc2ccccc12. The van der Waals surface area contributed by atoms with Gasteiger partial charge in [0.15, 0.2) is 5.17 Å². The molecule has 0 saturated heterocycles. The van der Waals surface area contributed by atoms with Crippen LogP contribution in [0.4, 0.5) is 5.69 Å². The fraction of sp³-hybridized carbons (Fsp3) is 0.318. The van der Waals surface area contributed by atoms with Crippen molar-refractivity contribution in [2.24, 2.45) is 4.99 Å². The molecule has 2 aromatic carbocycles. The molecule has 0 spiro atoms. The second-order valence-corrected chi connectivity index (χ2v) is 8.59. The lowest BCUT2D eigenvalue weighted by molar-refractivity contribution is -0.108. The van der Waals surface area contributed by atoms with Crippen LogP contribution in [0.15, 0.2) is 53.5 Å². The van der Waals surface area contributed by atoms with E-state index in [4.69, 9.17) is 9.98 Å². The third-order valence-electron chi connectivity index (χ3n) is 5.01. The van der Waals surface area contributed by atoms with E-state index in [2.05, 4.69) is 33.4 Å². The van der Waals surface area contributed by atoms with Gasteiger partial charge in [0, 0.05) is 10.8 Å². The lowest BCUT2D eigenvalue weighted by Crippen LogP contribution is -2.18. The number of carbonyl (C=O) groups is 1. The molecule has 0 aliphatic heterocycles. The van der Waals surface area contributed by atoms with Crippen molar-refractivity contribution in [3.63, 3.8) is 0 Å². The van der Waals surface area contributed by atoms with Crippen LogP contribution in [0, 0.1) is 0 Å². The van der Waals surface area contributed by atoms with Gasteiger partial charge in [-0.05, 0) is 36.7 Å². The Labute approximate surface area is 193 Å². The molecule has 1 aliphatic rings. The van der Waals surface area contributed by atoms with Gasteiger partial charge in [0.1, 0.15) is 0 Å². The number of fused-ring (bicyclic) bond motifs is 2. The fourth-order valence-corrected chi connectivity index (χ4v) is 4.65. The van der Waals surface area contributed by atoms with Gasteiger partial charge < -0.3 is 5.32 Å². The number of para-hydroxylation sites is 2. The molecule has 1 N–H and O–H groups in total. The van der Waals surface area contributed by atoms with Crippen LogP contribution >= 0.6 is 44.7 Å². The Balaban J connectivity index is 0.00000240. The summed E-state index contributed by atoms with van der Waals surface area (Å²) in [6.45, 7) is 0. The first-order chi connectivity index (χ1) is 13.7. The summed E-state index contributed by atoms with van der Waals surface area (Å²) in [5.74, 6) is 0. The van der Waals surface area contributed by atoms with Gasteiger partial charge in [-0.2, -0.15) is 0 Å². The second-order valence-electron chi connectivity index (χ2n) is 6.98. The van der Waals surface area contributed by atoms with Gasteiger partial charge in [-0.1, -0.05) is 71.6 Å². The van der Waals surface area contributed by atoms with Gasteiger partial charge in [0.25, 0.3) is 0 Å². The monoisotopic (exact) mass is 535 g/mol. The van der Waals surface area contributed by atoms with E-state index in [9.17, 15) is 4.79 Å². The van der Waals surface area contributed by atoms with Crippen molar-refractivity contribution in [3.05, 3.63) is 48.5 Å². The van der Waals surface area contributed by atoms with Crippen molar-refractivity contribution in [1.29, 1.82) is 0 Å². The van der Waals surface area contributed by atoms with Gasteiger partial charge >= 0.3 is 0 Å². The molecule has 7 heteroatoms. The zero-order valence-electron chi connectivity index (χ0n) is 15.9. The minimum atomic E-state index is 0. The van der Waals surface area contributed by atoms with Crippen molar-refractivity contribution < 1.29 is 4.79 Å². The number of nitrogens with one attached hydrogen (secondary N) is 1. The summed E-state index contributed by atoms with van der Waals surface area (Å²) in [5, 5.41) is 6.60. The van der Waals surface area contributed by atoms with E-state index in [1.807, 2.05) is 36.4 Å². The number of hydrogen-bond acceptors (Lipinski definition) is 4. The number of pyridine rings is 1. The summed E-state index contributed by atoms with van der Waals surface area (Å²) in [7, 11) is 0. The highest BCUT2D eigenvalue weighted by Crippen LogP contribution is 2.32. The third-order valence-corrected chi connectivity index (χ3v) is 6.67. The zero-order valence-corrected chi connectivity index (χ0v) is 20.1. The average molecular weight is 537 g/mol. The molecule has 3 aromatic rings. The quantitative estimate of drug-likeness (QED) is 0.175. The molecule has 1 aliphatic carbocycles. The summed E-state index contributed by atoms with van der Waals surface area (Å²) in [4.78, 5) is 21.9. The maximum Gasteiger partial charge on any atom is 0.207 e. The number of thioether (sulfide) groups is 1. The molecular formula is C22H23Br2N3OS. The highest BCUT2D eigenvalue weighted by atomic mass is 79.9.